The standard InChI is InChI=1S/C13H23NO2/c1-3-5-7-15-11-13-8-12(10-16-13)9-14-6-4-2/h8,10,14H,3-7,9,11H2,1-2H3. The number of hydrogen-bond donors (Lipinski definition) is 1. The molecule has 0 aromatic carbocycles. The molecule has 3 nitrogen and oxygen atoms in total. The molecule has 0 atom stereocenters. The Hall–Kier alpha value is -0.800. The largest absolute Gasteiger partial charge is 0.467 e. The normalized spacial score (nSPS) is 10.9. The van der Waals surface area contributed by atoms with Crippen LogP contribution in [-0.2, 0) is 17.9 Å². The Bertz CT molecular complexity index is 271. The summed E-state index contributed by atoms with van der Waals surface area (Å²) >= 11 is 0. The lowest BCUT2D eigenvalue weighted by atomic mass is 10.3. The second kappa shape index (κ2) is 8.36. The first-order valence-corrected chi connectivity index (χ1v) is 6.21. The molecular formula is C13H23NO2. The van der Waals surface area contributed by atoms with Crippen molar-refractivity contribution in [2.24, 2.45) is 0 Å². The van der Waals surface area contributed by atoms with Crippen LogP contribution < -0.4 is 5.32 Å². The first-order valence-electron chi connectivity index (χ1n) is 6.21. The highest BCUT2D eigenvalue weighted by molar-refractivity contribution is 5.11. The van der Waals surface area contributed by atoms with Gasteiger partial charge in [-0.3, -0.25) is 0 Å². The number of nitrogens with one attached hydrogen (secondary N) is 1. The summed E-state index contributed by atoms with van der Waals surface area (Å²) in [5, 5.41) is 3.34. The van der Waals surface area contributed by atoms with Crippen LogP contribution in [0.4, 0.5) is 0 Å². The minimum Gasteiger partial charge on any atom is -0.467 e. The second-order valence-electron chi connectivity index (χ2n) is 4.00. The first kappa shape index (κ1) is 13.3. The number of ether oxygens (including phenoxy) is 1. The summed E-state index contributed by atoms with van der Waals surface area (Å²) in [7, 11) is 0. The third kappa shape index (κ3) is 5.33. The van der Waals surface area contributed by atoms with Gasteiger partial charge in [0.15, 0.2) is 0 Å². The summed E-state index contributed by atoms with van der Waals surface area (Å²) in [6, 6.07) is 2.06. The van der Waals surface area contributed by atoms with Crippen molar-refractivity contribution < 1.29 is 9.15 Å². The lowest BCUT2D eigenvalue weighted by Gasteiger charge is -1.99. The summed E-state index contributed by atoms with van der Waals surface area (Å²) in [6.07, 6.45) is 5.25. The Labute approximate surface area is 98.2 Å². The Kier molecular flexibility index (Phi) is 6.93. The van der Waals surface area contributed by atoms with Gasteiger partial charge in [-0.15, -0.1) is 0 Å². The minimum atomic E-state index is 0.591. The van der Waals surface area contributed by atoms with Gasteiger partial charge in [0, 0.05) is 18.7 Å². The van der Waals surface area contributed by atoms with Gasteiger partial charge in [0.25, 0.3) is 0 Å². The monoisotopic (exact) mass is 225 g/mol. The van der Waals surface area contributed by atoms with Gasteiger partial charge in [0.2, 0.25) is 0 Å². The molecule has 0 spiro atoms. The van der Waals surface area contributed by atoms with Crippen molar-refractivity contribution in [2.75, 3.05) is 13.2 Å². The van der Waals surface area contributed by atoms with E-state index in [0.717, 1.165) is 38.3 Å². The van der Waals surface area contributed by atoms with Crippen LogP contribution in [0.2, 0.25) is 0 Å². The Morgan fingerprint density at radius 1 is 1.31 bits per heavy atom. The summed E-state index contributed by atoms with van der Waals surface area (Å²) in [5.41, 5.74) is 1.20. The maximum absolute atomic E-state index is 5.48. The third-order valence-electron chi connectivity index (χ3n) is 2.35. The van der Waals surface area contributed by atoms with Gasteiger partial charge in [0.1, 0.15) is 12.4 Å². The van der Waals surface area contributed by atoms with E-state index in [0.29, 0.717) is 6.61 Å². The van der Waals surface area contributed by atoms with Gasteiger partial charge >= 0.3 is 0 Å². The lowest BCUT2D eigenvalue weighted by Crippen LogP contribution is -2.13. The first-order chi connectivity index (χ1) is 7.86. The van der Waals surface area contributed by atoms with Crippen molar-refractivity contribution >= 4 is 0 Å². The van der Waals surface area contributed by atoms with Crippen LogP contribution in [0.3, 0.4) is 0 Å². The van der Waals surface area contributed by atoms with Crippen molar-refractivity contribution in [1.82, 2.24) is 5.32 Å². The summed E-state index contributed by atoms with van der Waals surface area (Å²) in [5.74, 6) is 0.921. The fourth-order valence-corrected chi connectivity index (χ4v) is 1.42. The van der Waals surface area contributed by atoms with Gasteiger partial charge in [-0.1, -0.05) is 20.3 Å². The smallest absolute Gasteiger partial charge is 0.129 e. The molecule has 1 heterocycles. The Morgan fingerprint density at radius 2 is 2.19 bits per heavy atom. The molecule has 0 radical (unpaired) electrons. The van der Waals surface area contributed by atoms with Crippen LogP contribution >= 0.6 is 0 Å². The molecule has 1 N–H and O–H groups in total. The molecule has 0 aliphatic rings. The molecule has 0 aliphatic carbocycles. The number of unbranched alkanes of at least 4 members (excludes halogenated alkanes) is 1. The van der Waals surface area contributed by atoms with E-state index in [9.17, 15) is 0 Å². The van der Waals surface area contributed by atoms with E-state index in [1.54, 1.807) is 6.26 Å². The molecule has 3 heteroatoms. The zero-order valence-corrected chi connectivity index (χ0v) is 10.4. The van der Waals surface area contributed by atoms with Crippen LogP contribution in [0, 0.1) is 0 Å². The highest BCUT2D eigenvalue weighted by Crippen LogP contribution is 2.09. The molecule has 0 unspecified atom stereocenters. The molecule has 0 saturated heterocycles. The van der Waals surface area contributed by atoms with Crippen LogP contribution in [-0.4, -0.2) is 13.2 Å². The number of rotatable bonds is 9. The number of furan rings is 1. The lowest BCUT2D eigenvalue weighted by molar-refractivity contribution is 0.104. The van der Waals surface area contributed by atoms with Crippen LogP contribution in [0.1, 0.15) is 44.4 Å². The quantitative estimate of drug-likeness (QED) is 0.656. The zero-order valence-electron chi connectivity index (χ0n) is 10.4. The van der Waals surface area contributed by atoms with Crippen molar-refractivity contribution in [3.63, 3.8) is 0 Å². The zero-order chi connectivity index (χ0) is 11.6. The van der Waals surface area contributed by atoms with Crippen molar-refractivity contribution in [1.29, 1.82) is 0 Å². The highest BCUT2D eigenvalue weighted by Gasteiger charge is 2.01. The summed E-state index contributed by atoms with van der Waals surface area (Å²) in [4.78, 5) is 0. The molecule has 1 aromatic rings. The van der Waals surface area contributed by atoms with E-state index in [4.69, 9.17) is 9.15 Å². The second-order valence-corrected chi connectivity index (χ2v) is 4.00. The molecule has 0 amide bonds. The highest BCUT2D eigenvalue weighted by atomic mass is 16.5. The summed E-state index contributed by atoms with van der Waals surface area (Å²) in [6.45, 7) is 7.66. The van der Waals surface area contributed by atoms with E-state index in [1.807, 2.05) is 0 Å². The van der Waals surface area contributed by atoms with Gasteiger partial charge in [-0.2, -0.15) is 0 Å². The Balaban J connectivity index is 2.17. The van der Waals surface area contributed by atoms with E-state index >= 15 is 0 Å². The van der Waals surface area contributed by atoms with Gasteiger partial charge in [0.05, 0.1) is 6.26 Å². The topological polar surface area (TPSA) is 34.4 Å². The molecule has 0 saturated carbocycles. The van der Waals surface area contributed by atoms with Gasteiger partial charge < -0.3 is 14.5 Å². The predicted molar refractivity (Wildman–Crippen MR) is 65.3 cm³/mol. The maximum atomic E-state index is 5.48. The molecule has 0 aliphatic heterocycles. The summed E-state index contributed by atoms with van der Waals surface area (Å²) < 4.78 is 10.9. The maximum Gasteiger partial charge on any atom is 0.129 e. The van der Waals surface area contributed by atoms with E-state index in [1.165, 1.54) is 12.0 Å². The Morgan fingerprint density at radius 3 is 2.94 bits per heavy atom. The van der Waals surface area contributed by atoms with E-state index in [2.05, 4.69) is 25.2 Å². The van der Waals surface area contributed by atoms with Crippen LogP contribution in [0.5, 0.6) is 0 Å². The molecule has 0 fully saturated rings. The van der Waals surface area contributed by atoms with Crippen molar-refractivity contribution in [2.45, 2.75) is 46.3 Å². The molecule has 16 heavy (non-hydrogen) atoms. The minimum absolute atomic E-state index is 0.591. The third-order valence-corrected chi connectivity index (χ3v) is 2.35. The van der Waals surface area contributed by atoms with Crippen LogP contribution in [0.25, 0.3) is 0 Å². The fraction of sp³-hybridized carbons (Fsp3) is 0.692. The average Bonchev–Trinajstić information content (AvgIpc) is 2.73. The van der Waals surface area contributed by atoms with Gasteiger partial charge in [-0.05, 0) is 25.5 Å². The average molecular weight is 225 g/mol. The molecular weight excluding hydrogens is 202 g/mol. The molecule has 1 aromatic heterocycles. The van der Waals surface area contributed by atoms with Gasteiger partial charge in [-0.25, -0.2) is 0 Å². The van der Waals surface area contributed by atoms with E-state index in [-0.39, 0.29) is 0 Å². The van der Waals surface area contributed by atoms with Crippen LogP contribution in [0.15, 0.2) is 16.7 Å². The van der Waals surface area contributed by atoms with Crippen molar-refractivity contribution in [3.8, 4) is 0 Å². The SMILES string of the molecule is CCCCOCc1cc(CNCCC)co1. The number of hydrogen-bond acceptors (Lipinski definition) is 3. The molecule has 0 bridgehead atoms. The predicted octanol–water partition coefficient (Wildman–Crippen LogP) is 3.10. The fourth-order valence-electron chi connectivity index (χ4n) is 1.42. The molecule has 1 rings (SSSR count). The van der Waals surface area contributed by atoms with E-state index < -0.39 is 0 Å². The molecule has 92 valence electrons. The van der Waals surface area contributed by atoms with Crippen molar-refractivity contribution in [3.05, 3.63) is 23.7 Å².